The SMILES string of the molecule is CC(C)(COCc1cccc(Oc2ccccc2)c1)c1ccc(F)cc1. The first kappa shape index (κ1) is 18.2. The highest BCUT2D eigenvalue weighted by Gasteiger charge is 2.21. The molecule has 0 radical (unpaired) electrons. The summed E-state index contributed by atoms with van der Waals surface area (Å²) in [4.78, 5) is 0. The molecule has 0 amide bonds. The van der Waals surface area contributed by atoms with Crippen molar-refractivity contribution in [1.29, 1.82) is 0 Å². The summed E-state index contributed by atoms with van der Waals surface area (Å²) >= 11 is 0. The average Bonchev–Trinajstić information content (AvgIpc) is 2.63. The fourth-order valence-electron chi connectivity index (χ4n) is 2.73. The Balaban J connectivity index is 1.58. The molecule has 0 aliphatic rings. The predicted octanol–water partition coefficient (Wildman–Crippen LogP) is 6.11. The highest BCUT2D eigenvalue weighted by atomic mass is 19.1. The zero-order valence-electron chi connectivity index (χ0n) is 15.1. The van der Waals surface area contributed by atoms with Gasteiger partial charge in [0.2, 0.25) is 0 Å². The van der Waals surface area contributed by atoms with Gasteiger partial charge in [0.1, 0.15) is 17.3 Å². The molecular formula is C23H23FO2. The highest BCUT2D eigenvalue weighted by Crippen LogP contribution is 2.25. The first-order valence-electron chi connectivity index (χ1n) is 8.69. The van der Waals surface area contributed by atoms with Crippen LogP contribution in [0, 0.1) is 5.82 Å². The normalized spacial score (nSPS) is 11.3. The number of rotatable bonds is 7. The molecule has 26 heavy (non-hydrogen) atoms. The van der Waals surface area contributed by atoms with Crippen LogP contribution in [0.15, 0.2) is 78.9 Å². The molecule has 0 saturated heterocycles. The second kappa shape index (κ2) is 8.15. The lowest BCUT2D eigenvalue weighted by Gasteiger charge is -2.25. The Labute approximate surface area is 154 Å². The molecule has 0 N–H and O–H groups in total. The van der Waals surface area contributed by atoms with Crippen molar-refractivity contribution in [2.24, 2.45) is 0 Å². The largest absolute Gasteiger partial charge is 0.457 e. The summed E-state index contributed by atoms with van der Waals surface area (Å²) in [5.74, 6) is 1.37. The van der Waals surface area contributed by atoms with Gasteiger partial charge in [0.25, 0.3) is 0 Å². The molecule has 0 fully saturated rings. The van der Waals surface area contributed by atoms with E-state index in [1.807, 2.05) is 66.7 Å². The van der Waals surface area contributed by atoms with Crippen LogP contribution in [-0.2, 0) is 16.8 Å². The van der Waals surface area contributed by atoms with Crippen molar-refractivity contribution >= 4 is 0 Å². The third kappa shape index (κ3) is 4.93. The van der Waals surface area contributed by atoms with Crippen molar-refractivity contribution in [3.63, 3.8) is 0 Å². The molecular weight excluding hydrogens is 327 g/mol. The molecule has 0 aliphatic heterocycles. The van der Waals surface area contributed by atoms with Crippen LogP contribution in [-0.4, -0.2) is 6.61 Å². The fourth-order valence-corrected chi connectivity index (χ4v) is 2.73. The molecule has 0 aromatic heterocycles. The van der Waals surface area contributed by atoms with Gasteiger partial charge in [0.05, 0.1) is 13.2 Å². The van der Waals surface area contributed by atoms with E-state index in [9.17, 15) is 4.39 Å². The predicted molar refractivity (Wildman–Crippen MR) is 102 cm³/mol. The minimum absolute atomic E-state index is 0.189. The number of benzene rings is 3. The number of halogens is 1. The van der Waals surface area contributed by atoms with E-state index >= 15 is 0 Å². The van der Waals surface area contributed by atoms with E-state index in [-0.39, 0.29) is 11.2 Å². The molecule has 0 saturated carbocycles. The van der Waals surface area contributed by atoms with Gasteiger partial charge in [-0.15, -0.1) is 0 Å². The molecule has 0 unspecified atom stereocenters. The van der Waals surface area contributed by atoms with Crippen LogP contribution >= 0.6 is 0 Å². The maximum absolute atomic E-state index is 13.1. The van der Waals surface area contributed by atoms with E-state index in [1.54, 1.807) is 0 Å². The van der Waals surface area contributed by atoms with Gasteiger partial charge in [0.15, 0.2) is 0 Å². The third-order valence-electron chi connectivity index (χ3n) is 4.23. The van der Waals surface area contributed by atoms with E-state index in [2.05, 4.69) is 13.8 Å². The van der Waals surface area contributed by atoms with Gasteiger partial charge in [-0.3, -0.25) is 0 Å². The Morgan fingerprint density at radius 2 is 1.50 bits per heavy atom. The van der Waals surface area contributed by atoms with Gasteiger partial charge >= 0.3 is 0 Å². The minimum Gasteiger partial charge on any atom is -0.457 e. The van der Waals surface area contributed by atoms with Crippen molar-refractivity contribution in [2.75, 3.05) is 6.61 Å². The topological polar surface area (TPSA) is 18.5 Å². The summed E-state index contributed by atoms with van der Waals surface area (Å²) in [6, 6.07) is 24.2. The van der Waals surface area contributed by atoms with Crippen molar-refractivity contribution in [2.45, 2.75) is 25.9 Å². The second-order valence-corrected chi connectivity index (χ2v) is 6.95. The maximum atomic E-state index is 13.1. The summed E-state index contributed by atoms with van der Waals surface area (Å²) in [6.45, 7) is 5.23. The van der Waals surface area contributed by atoms with Gasteiger partial charge < -0.3 is 9.47 Å². The van der Waals surface area contributed by atoms with Gasteiger partial charge in [-0.25, -0.2) is 4.39 Å². The van der Waals surface area contributed by atoms with E-state index in [4.69, 9.17) is 9.47 Å². The van der Waals surface area contributed by atoms with Crippen LogP contribution in [0.5, 0.6) is 11.5 Å². The van der Waals surface area contributed by atoms with Gasteiger partial charge in [0, 0.05) is 5.41 Å². The van der Waals surface area contributed by atoms with Crippen molar-refractivity contribution in [1.82, 2.24) is 0 Å². The molecule has 134 valence electrons. The van der Waals surface area contributed by atoms with Crippen molar-refractivity contribution < 1.29 is 13.9 Å². The highest BCUT2D eigenvalue weighted by molar-refractivity contribution is 5.33. The number of para-hydroxylation sites is 1. The lowest BCUT2D eigenvalue weighted by atomic mass is 9.85. The fraction of sp³-hybridized carbons (Fsp3) is 0.217. The Hall–Kier alpha value is -2.65. The third-order valence-corrected chi connectivity index (χ3v) is 4.23. The molecule has 0 bridgehead atoms. The van der Waals surface area contributed by atoms with Crippen molar-refractivity contribution in [3.05, 3.63) is 95.8 Å². The molecule has 0 aliphatic carbocycles. The summed E-state index contributed by atoms with van der Waals surface area (Å²) in [5.41, 5.74) is 1.92. The Morgan fingerprint density at radius 1 is 0.808 bits per heavy atom. The lowest BCUT2D eigenvalue weighted by Crippen LogP contribution is -2.24. The zero-order valence-corrected chi connectivity index (χ0v) is 15.1. The van der Waals surface area contributed by atoms with Crippen LogP contribution in [0.4, 0.5) is 4.39 Å². The van der Waals surface area contributed by atoms with E-state index in [0.29, 0.717) is 13.2 Å². The quantitative estimate of drug-likeness (QED) is 0.511. The van der Waals surface area contributed by atoms with E-state index < -0.39 is 0 Å². The monoisotopic (exact) mass is 350 g/mol. The molecule has 3 aromatic rings. The Kier molecular flexibility index (Phi) is 5.69. The lowest BCUT2D eigenvalue weighted by molar-refractivity contribution is 0.0824. The van der Waals surface area contributed by atoms with Gasteiger partial charge in [-0.05, 0) is 47.5 Å². The van der Waals surface area contributed by atoms with Crippen LogP contribution in [0.2, 0.25) is 0 Å². The van der Waals surface area contributed by atoms with Gasteiger partial charge in [-0.2, -0.15) is 0 Å². The summed E-state index contributed by atoms with van der Waals surface area (Å²) in [6.07, 6.45) is 0. The first-order valence-corrected chi connectivity index (χ1v) is 8.69. The molecule has 3 heteroatoms. The molecule has 2 nitrogen and oxygen atoms in total. The molecule has 3 aromatic carbocycles. The van der Waals surface area contributed by atoms with Crippen LogP contribution in [0.3, 0.4) is 0 Å². The van der Waals surface area contributed by atoms with E-state index in [0.717, 1.165) is 22.6 Å². The minimum atomic E-state index is -0.222. The number of hydrogen-bond acceptors (Lipinski definition) is 2. The molecule has 3 rings (SSSR count). The molecule has 0 atom stereocenters. The number of ether oxygens (including phenoxy) is 2. The van der Waals surface area contributed by atoms with Crippen LogP contribution < -0.4 is 4.74 Å². The van der Waals surface area contributed by atoms with Crippen LogP contribution in [0.1, 0.15) is 25.0 Å². The molecule has 0 spiro atoms. The second-order valence-electron chi connectivity index (χ2n) is 6.95. The summed E-state index contributed by atoms with van der Waals surface area (Å²) in [7, 11) is 0. The first-order chi connectivity index (χ1) is 12.5. The smallest absolute Gasteiger partial charge is 0.127 e. The average molecular weight is 350 g/mol. The zero-order chi connectivity index (χ0) is 18.4. The number of hydrogen-bond donors (Lipinski definition) is 0. The molecule has 0 heterocycles. The standard InChI is InChI=1S/C23H23FO2/c1-23(2,19-11-13-20(24)14-12-19)17-25-16-18-7-6-10-22(15-18)26-21-8-4-3-5-9-21/h3-15H,16-17H2,1-2H3. The maximum Gasteiger partial charge on any atom is 0.127 e. The van der Waals surface area contributed by atoms with Gasteiger partial charge in [-0.1, -0.05) is 56.3 Å². The van der Waals surface area contributed by atoms with Crippen molar-refractivity contribution in [3.8, 4) is 11.5 Å². The Morgan fingerprint density at radius 3 is 2.23 bits per heavy atom. The summed E-state index contributed by atoms with van der Waals surface area (Å²) < 4.78 is 24.9. The summed E-state index contributed by atoms with van der Waals surface area (Å²) in [5, 5.41) is 0. The van der Waals surface area contributed by atoms with Crippen LogP contribution in [0.25, 0.3) is 0 Å². The Bertz CT molecular complexity index is 826. The van der Waals surface area contributed by atoms with E-state index in [1.165, 1.54) is 12.1 Å².